The quantitative estimate of drug-likeness (QED) is 0.292. The van der Waals surface area contributed by atoms with Crippen LogP contribution in [0.2, 0.25) is 5.02 Å². The van der Waals surface area contributed by atoms with E-state index in [4.69, 9.17) is 11.6 Å². The summed E-state index contributed by atoms with van der Waals surface area (Å²) in [5, 5.41) is 14.1. The third-order valence-electron chi connectivity index (χ3n) is 5.65. The number of rotatable bonds is 8. The van der Waals surface area contributed by atoms with Crippen LogP contribution in [0.5, 0.6) is 0 Å². The van der Waals surface area contributed by atoms with Crippen LogP contribution in [0.1, 0.15) is 23.6 Å². The number of nitroso groups, excluding NO2 is 1. The van der Waals surface area contributed by atoms with E-state index in [1.54, 1.807) is 54.7 Å². The highest BCUT2D eigenvalue weighted by molar-refractivity contribution is 6.30. The van der Waals surface area contributed by atoms with E-state index in [2.05, 4.69) is 10.2 Å². The van der Waals surface area contributed by atoms with Crippen molar-refractivity contribution in [3.8, 4) is 11.1 Å². The molecule has 0 saturated heterocycles. The fourth-order valence-corrected chi connectivity index (χ4v) is 4.00. The first-order chi connectivity index (χ1) is 15.4. The van der Waals surface area contributed by atoms with Crippen molar-refractivity contribution in [2.75, 3.05) is 0 Å². The number of nitrogens with one attached hydrogen (secondary N) is 1. The van der Waals surface area contributed by atoms with Crippen LogP contribution in [0.3, 0.4) is 0 Å². The summed E-state index contributed by atoms with van der Waals surface area (Å²) in [6.07, 6.45) is 0.666. The lowest BCUT2D eigenvalue weighted by Crippen LogP contribution is -2.37. The minimum absolute atomic E-state index is 0.374. The molecule has 0 amide bonds. The van der Waals surface area contributed by atoms with Crippen LogP contribution in [0.15, 0.2) is 84.2 Å². The summed E-state index contributed by atoms with van der Waals surface area (Å²) in [5.41, 5.74) is 0.949. The normalized spacial score (nSPS) is 14.1. The molecule has 1 aromatic heterocycles. The number of fused-ring (bicyclic) bond motifs is 1. The molecule has 2 atom stereocenters. The fourth-order valence-electron chi connectivity index (χ4n) is 3.88. The van der Waals surface area contributed by atoms with Crippen LogP contribution in [0.4, 0.5) is 4.39 Å². The Hall–Kier alpha value is -3.51. The zero-order chi connectivity index (χ0) is 22.7. The van der Waals surface area contributed by atoms with Gasteiger partial charge in [-0.2, -0.15) is 4.91 Å². The second-order valence-electron chi connectivity index (χ2n) is 7.76. The standard InChI is InChI=1S/C25H20ClFN2O3/c26-20-11-9-17(10-12-20)16-5-7-18(8-6-16)23(29-32)14-25(27,24(30)31)13-19-15-28-22-4-2-1-3-21(19)22/h1-12,15,23,28H,13-14H2,(H,30,31). The van der Waals surface area contributed by atoms with E-state index in [1.165, 1.54) is 0 Å². The number of nitrogens with zero attached hydrogens (tertiary/aromatic N) is 1. The van der Waals surface area contributed by atoms with Crippen LogP contribution < -0.4 is 0 Å². The molecule has 0 saturated carbocycles. The summed E-state index contributed by atoms with van der Waals surface area (Å²) < 4.78 is 15.7. The molecule has 2 unspecified atom stereocenters. The number of aromatic nitrogens is 1. The van der Waals surface area contributed by atoms with Crippen molar-refractivity contribution in [2.45, 2.75) is 24.6 Å². The molecule has 1 heterocycles. The zero-order valence-corrected chi connectivity index (χ0v) is 17.7. The minimum Gasteiger partial charge on any atom is -0.479 e. The first-order valence-corrected chi connectivity index (χ1v) is 10.4. The Balaban J connectivity index is 1.58. The number of hydrogen-bond acceptors (Lipinski definition) is 3. The average molecular weight is 451 g/mol. The van der Waals surface area contributed by atoms with Crippen LogP contribution in [-0.2, 0) is 11.2 Å². The Kier molecular flexibility index (Phi) is 6.06. The number of carbonyl (C=O) groups is 1. The summed E-state index contributed by atoms with van der Waals surface area (Å²) in [6.45, 7) is 0. The third-order valence-corrected chi connectivity index (χ3v) is 5.90. The van der Waals surface area contributed by atoms with Gasteiger partial charge in [0.1, 0.15) is 6.04 Å². The topological polar surface area (TPSA) is 82.5 Å². The SMILES string of the molecule is O=NC(CC(F)(Cc1c[nH]c2ccccc12)C(=O)O)c1ccc(-c2ccc(Cl)cc2)cc1. The molecule has 4 aromatic rings. The molecule has 162 valence electrons. The van der Waals surface area contributed by atoms with E-state index in [9.17, 15) is 14.8 Å². The van der Waals surface area contributed by atoms with Crippen LogP contribution in [0, 0.1) is 4.91 Å². The molecule has 7 heteroatoms. The summed E-state index contributed by atoms with van der Waals surface area (Å²) in [4.78, 5) is 26.5. The van der Waals surface area contributed by atoms with Crippen molar-refractivity contribution in [1.29, 1.82) is 0 Å². The molecular formula is C25H20ClFN2O3. The Bertz CT molecular complexity index is 1250. The molecule has 0 fully saturated rings. The third kappa shape index (κ3) is 4.41. The van der Waals surface area contributed by atoms with E-state index in [-0.39, 0.29) is 6.42 Å². The lowest BCUT2D eigenvalue weighted by molar-refractivity contribution is -0.151. The van der Waals surface area contributed by atoms with Gasteiger partial charge in [0, 0.05) is 35.0 Å². The molecule has 5 nitrogen and oxygen atoms in total. The summed E-state index contributed by atoms with van der Waals surface area (Å²) in [7, 11) is 0. The van der Waals surface area contributed by atoms with Gasteiger partial charge in [-0.3, -0.25) is 0 Å². The highest BCUT2D eigenvalue weighted by Crippen LogP contribution is 2.35. The number of aliphatic carboxylic acids is 1. The van der Waals surface area contributed by atoms with Crippen molar-refractivity contribution in [2.24, 2.45) is 5.18 Å². The van der Waals surface area contributed by atoms with Gasteiger partial charge in [-0.1, -0.05) is 71.4 Å². The molecule has 0 bridgehead atoms. The van der Waals surface area contributed by atoms with Crippen molar-refractivity contribution in [3.63, 3.8) is 0 Å². The first-order valence-electron chi connectivity index (χ1n) is 10.1. The number of hydrogen-bond donors (Lipinski definition) is 2. The lowest BCUT2D eigenvalue weighted by atomic mass is 9.87. The molecule has 0 aliphatic carbocycles. The molecule has 3 aromatic carbocycles. The van der Waals surface area contributed by atoms with Crippen molar-refractivity contribution in [1.82, 2.24) is 4.98 Å². The maximum absolute atomic E-state index is 15.7. The second-order valence-corrected chi connectivity index (χ2v) is 8.20. The average Bonchev–Trinajstić information content (AvgIpc) is 3.21. The Labute approximate surface area is 188 Å². The van der Waals surface area contributed by atoms with Gasteiger partial charge in [-0.25, -0.2) is 9.18 Å². The maximum Gasteiger partial charge on any atom is 0.341 e. The Morgan fingerprint density at radius 3 is 2.28 bits per heavy atom. The fraction of sp³-hybridized carbons (Fsp3) is 0.160. The molecule has 0 radical (unpaired) electrons. The van der Waals surface area contributed by atoms with Crippen LogP contribution >= 0.6 is 11.6 Å². The minimum atomic E-state index is -2.65. The number of carboxylic acids is 1. The first kappa shape index (κ1) is 21.7. The molecule has 0 aliphatic heterocycles. The summed E-state index contributed by atoms with van der Waals surface area (Å²) >= 11 is 5.92. The highest BCUT2D eigenvalue weighted by Gasteiger charge is 2.42. The zero-order valence-electron chi connectivity index (χ0n) is 17.0. The van der Waals surface area contributed by atoms with Gasteiger partial charge in [0.2, 0.25) is 5.67 Å². The Morgan fingerprint density at radius 2 is 1.66 bits per heavy atom. The monoisotopic (exact) mass is 450 g/mol. The number of alkyl halides is 1. The summed E-state index contributed by atoms with van der Waals surface area (Å²) in [5.74, 6) is -1.62. The van der Waals surface area contributed by atoms with Gasteiger partial charge in [-0.05, 0) is 40.5 Å². The van der Waals surface area contributed by atoms with Crippen molar-refractivity contribution in [3.05, 3.63) is 100 Å². The number of aromatic amines is 1. The van der Waals surface area contributed by atoms with Crippen LogP contribution in [0.25, 0.3) is 22.0 Å². The van der Waals surface area contributed by atoms with E-state index >= 15 is 4.39 Å². The van der Waals surface area contributed by atoms with Gasteiger partial charge in [-0.15, -0.1) is 0 Å². The lowest BCUT2D eigenvalue weighted by Gasteiger charge is -2.23. The van der Waals surface area contributed by atoms with E-state index in [0.717, 1.165) is 22.0 Å². The van der Waals surface area contributed by atoms with Crippen LogP contribution in [-0.4, -0.2) is 21.7 Å². The van der Waals surface area contributed by atoms with Gasteiger partial charge >= 0.3 is 5.97 Å². The van der Waals surface area contributed by atoms with E-state index in [0.29, 0.717) is 16.1 Å². The molecule has 0 spiro atoms. The predicted octanol–water partition coefficient (Wildman–Crippen LogP) is 6.72. The van der Waals surface area contributed by atoms with Crippen molar-refractivity contribution < 1.29 is 14.3 Å². The number of benzene rings is 3. The number of para-hydroxylation sites is 1. The van der Waals surface area contributed by atoms with Gasteiger partial charge < -0.3 is 10.1 Å². The van der Waals surface area contributed by atoms with Gasteiger partial charge in [0.05, 0.1) is 0 Å². The summed E-state index contributed by atoms with van der Waals surface area (Å²) in [6, 6.07) is 20.3. The molecule has 32 heavy (non-hydrogen) atoms. The largest absolute Gasteiger partial charge is 0.479 e. The molecule has 4 rings (SSSR count). The van der Waals surface area contributed by atoms with E-state index < -0.39 is 24.1 Å². The smallest absolute Gasteiger partial charge is 0.341 e. The number of halogens is 2. The predicted molar refractivity (Wildman–Crippen MR) is 124 cm³/mol. The Morgan fingerprint density at radius 1 is 1.03 bits per heavy atom. The maximum atomic E-state index is 15.7. The van der Waals surface area contributed by atoms with Crippen molar-refractivity contribution >= 4 is 28.5 Å². The second kappa shape index (κ2) is 8.93. The number of H-pyrrole nitrogens is 1. The van der Waals surface area contributed by atoms with E-state index in [1.807, 2.05) is 24.3 Å². The molecular weight excluding hydrogens is 431 g/mol. The van der Waals surface area contributed by atoms with Gasteiger partial charge in [0.25, 0.3) is 0 Å². The molecule has 2 N–H and O–H groups in total. The van der Waals surface area contributed by atoms with Gasteiger partial charge in [0.15, 0.2) is 0 Å². The highest BCUT2D eigenvalue weighted by atomic mass is 35.5. The molecule has 0 aliphatic rings. The number of carboxylic acid groups (broad SMARTS) is 1.